The van der Waals surface area contributed by atoms with Gasteiger partial charge in [0.2, 0.25) is 0 Å². The first kappa shape index (κ1) is 14.7. The molecule has 2 aromatic rings. The summed E-state index contributed by atoms with van der Waals surface area (Å²) in [6.07, 6.45) is 2.75. The second-order valence-electron chi connectivity index (χ2n) is 5.14. The molecule has 0 saturated heterocycles. The summed E-state index contributed by atoms with van der Waals surface area (Å²) in [7, 11) is 0. The molecular formula is C16H22FN3. The molecule has 0 fully saturated rings. The highest BCUT2D eigenvalue weighted by Crippen LogP contribution is 2.26. The van der Waals surface area contributed by atoms with Gasteiger partial charge in [0.1, 0.15) is 5.82 Å². The van der Waals surface area contributed by atoms with Crippen LogP contribution in [0, 0.1) is 19.7 Å². The number of aromatic nitrogens is 2. The van der Waals surface area contributed by atoms with Gasteiger partial charge in [0.15, 0.2) is 0 Å². The molecule has 0 aliphatic heterocycles. The number of benzene rings is 1. The van der Waals surface area contributed by atoms with E-state index in [0.717, 1.165) is 29.9 Å². The van der Waals surface area contributed by atoms with E-state index < -0.39 is 0 Å². The Morgan fingerprint density at radius 2 is 2.10 bits per heavy atom. The van der Waals surface area contributed by atoms with Crippen molar-refractivity contribution in [3.8, 4) is 5.69 Å². The van der Waals surface area contributed by atoms with Crippen LogP contribution in [-0.4, -0.2) is 16.1 Å². The van der Waals surface area contributed by atoms with E-state index in [-0.39, 0.29) is 11.9 Å². The number of halogens is 1. The van der Waals surface area contributed by atoms with Gasteiger partial charge >= 0.3 is 0 Å². The lowest BCUT2D eigenvalue weighted by Crippen LogP contribution is -2.21. The van der Waals surface area contributed by atoms with Gasteiger partial charge in [0.25, 0.3) is 0 Å². The van der Waals surface area contributed by atoms with Crippen molar-refractivity contribution in [2.75, 3.05) is 6.54 Å². The maximum absolute atomic E-state index is 14.3. The number of imidazole rings is 1. The monoisotopic (exact) mass is 275 g/mol. The molecule has 1 aromatic heterocycles. The quantitative estimate of drug-likeness (QED) is 0.902. The fraction of sp³-hybridized carbons (Fsp3) is 0.438. The molecule has 0 saturated carbocycles. The Balaban J connectivity index is 2.49. The van der Waals surface area contributed by atoms with Crippen LogP contribution in [-0.2, 0) is 0 Å². The van der Waals surface area contributed by atoms with Crippen LogP contribution in [0.2, 0.25) is 0 Å². The standard InChI is InChI=1S/C16H22FN3/c1-5-9-18-12(3)14-7-6-8-15(17)16(14)20-10-19-11(2)13(20)4/h6-8,10,12,18H,5,9H2,1-4H3. The first-order valence-electron chi connectivity index (χ1n) is 7.09. The molecule has 1 N–H and O–H groups in total. The van der Waals surface area contributed by atoms with E-state index in [1.807, 2.05) is 24.5 Å². The number of nitrogens with one attached hydrogen (secondary N) is 1. The van der Waals surface area contributed by atoms with Crippen molar-refractivity contribution in [3.05, 3.63) is 47.3 Å². The van der Waals surface area contributed by atoms with Crippen LogP contribution in [0.15, 0.2) is 24.5 Å². The largest absolute Gasteiger partial charge is 0.310 e. The van der Waals surface area contributed by atoms with Gasteiger partial charge in [0, 0.05) is 11.7 Å². The van der Waals surface area contributed by atoms with Gasteiger partial charge in [-0.25, -0.2) is 9.37 Å². The Morgan fingerprint density at radius 1 is 1.35 bits per heavy atom. The lowest BCUT2D eigenvalue weighted by Gasteiger charge is -2.19. The molecule has 0 radical (unpaired) electrons. The number of aryl methyl sites for hydroxylation is 1. The molecule has 1 heterocycles. The molecular weight excluding hydrogens is 253 g/mol. The van der Waals surface area contributed by atoms with E-state index in [9.17, 15) is 4.39 Å². The van der Waals surface area contributed by atoms with Crippen molar-refractivity contribution in [3.63, 3.8) is 0 Å². The minimum Gasteiger partial charge on any atom is -0.310 e. The van der Waals surface area contributed by atoms with Gasteiger partial charge in [-0.3, -0.25) is 0 Å². The molecule has 0 aliphatic carbocycles. The zero-order valence-electron chi connectivity index (χ0n) is 12.6. The Hall–Kier alpha value is -1.68. The third-order valence-electron chi connectivity index (χ3n) is 3.68. The van der Waals surface area contributed by atoms with Crippen LogP contribution in [0.4, 0.5) is 4.39 Å². The van der Waals surface area contributed by atoms with Crippen LogP contribution in [0.5, 0.6) is 0 Å². The molecule has 0 spiro atoms. The second kappa shape index (κ2) is 6.18. The maximum Gasteiger partial charge on any atom is 0.147 e. The van der Waals surface area contributed by atoms with Crippen LogP contribution in [0.1, 0.15) is 43.3 Å². The fourth-order valence-electron chi connectivity index (χ4n) is 2.33. The summed E-state index contributed by atoms with van der Waals surface area (Å²) in [6, 6.07) is 5.33. The molecule has 0 amide bonds. The van der Waals surface area contributed by atoms with Gasteiger partial charge in [0.05, 0.1) is 17.7 Å². The molecule has 108 valence electrons. The number of para-hydroxylation sites is 1. The van der Waals surface area contributed by atoms with Crippen molar-refractivity contribution in [1.82, 2.24) is 14.9 Å². The molecule has 0 bridgehead atoms. The van der Waals surface area contributed by atoms with Crippen molar-refractivity contribution >= 4 is 0 Å². The number of rotatable bonds is 5. The van der Waals surface area contributed by atoms with Crippen LogP contribution in [0.25, 0.3) is 5.69 Å². The van der Waals surface area contributed by atoms with Crippen molar-refractivity contribution in [2.24, 2.45) is 0 Å². The predicted octanol–water partition coefficient (Wildman–Crippen LogP) is 3.69. The van der Waals surface area contributed by atoms with Gasteiger partial charge in [-0.2, -0.15) is 0 Å². The molecule has 1 atom stereocenters. The van der Waals surface area contributed by atoms with E-state index in [1.165, 1.54) is 6.07 Å². The highest BCUT2D eigenvalue weighted by molar-refractivity contribution is 5.46. The van der Waals surface area contributed by atoms with Crippen molar-refractivity contribution in [2.45, 2.75) is 40.2 Å². The Morgan fingerprint density at radius 3 is 2.70 bits per heavy atom. The first-order chi connectivity index (χ1) is 9.56. The Bertz CT molecular complexity index is 589. The van der Waals surface area contributed by atoms with Crippen LogP contribution >= 0.6 is 0 Å². The lowest BCUT2D eigenvalue weighted by molar-refractivity contribution is 0.556. The molecule has 4 heteroatoms. The summed E-state index contributed by atoms with van der Waals surface area (Å²) in [5, 5.41) is 3.41. The summed E-state index contributed by atoms with van der Waals surface area (Å²) < 4.78 is 16.2. The molecule has 0 aliphatic rings. The van der Waals surface area contributed by atoms with Crippen molar-refractivity contribution in [1.29, 1.82) is 0 Å². The number of hydrogen-bond donors (Lipinski definition) is 1. The third kappa shape index (κ3) is 2.75. The molecule has 2 rings (SSSR count). The Labute approximate surface area is 119 Å². The normalized spacial score (nSPS) is 12.7. The van der Waals surface area contributed by atoms with Crippen molar-refractivity contribution < 1.29 is 4.39 Å². The van der Waals surface area contributed by atoms with Gasteiger partial charge in [-0.15, -0.1) is 0 Å². The molecule has 1 unspecified atom stereocenters. The minimum absolute atomic E-state index is 0.0998. The Kier molecular flexibility index (Phi) is 4.55. The summed E-state index contributed by atoms with van der Waals surface area (Å²) in [5.74, 6) is -0.215. The highest BCUT2D eigenvalue weighted by atomic mass is 19.1. The zero-order chi connectivity index (χ0) is 14.7. The van der Waals surface area contributed by atoms with Gasteiger partial charge in [-0.1, -0.05) is 19.1 Å². The highest BCUT2D eigenvalue weighted by Gasteiger charge is 2.17. The minimum atomic E-state index is -0.215. The average molecular weight is 275 g/mol. The van der Waals surface area contributed by atoms with E-state index in [1.54, 1.807) is 12.4 Å². The summed E-state index contributed by atoms with van der Waals surface area (Å²) >= 11 is 0. The fourth-order valence-corrected chi connectivity index (χ4v) is 2.33. The smallest absolute Gasteiger partial charge is 0.147 e. The van der Waals surface area contributed by atoms with E-state index in [2.05, 4.69) is 24.1 Å². The predicted molar refractivity (Wildman–Crippen MR) is 79.7 cm³/mol. The third-order valence-corrected chi connectivity index (χ3v) is 3.68. The van der Waals surface area contributed by atoms with Gasteiger partial charge in [-0.05, 0) is 45.4 Å². The zero-order valence-corrected chi connectivity index (χ0v) is 12.6. The lowest BCUT2D eigenvalue weighted by atomic mass is 10.0. The van der Waals surface area contributed by atoms with E-state index in [4.69, 9.17) is 0 Å². The van der Waals surface area contributed by atoms with Crippen LogP contribution in [0.3, 0.4) is 0 Å². The summed E-state index contributed by atoms with van der Waals surface area (Å²) in [5.41, 5.74) is 3.45. The molecule has 3 nitrogen and oxygen atoms in total. The molecule has 20 heavy (non-hydrogen) atoms. The molecule has 1 aromatic carbocycles. The van der Waals surface area contributed by atoms with Gasteiger partial charge < -0.3 is 9.88 Å². The van der Waals surface area contributed by atoms with Crippen LogP contribution < -0.4 is 5.32 Å². The van der Waals surface area contributed by atoms with E-state index >= 15 is 0 Å². The number of hydrogen-bond acceptors (Lipinski definition) is 2. The second-order valence-corrected chi connectivity index (χ2v) is 5.14. The first-order valence-corrected chi connectivity index (χ1v) is 7.09. The summed E-state index contributed by atoms with van der Waals surface area (Å²) in [4.78, 5) is 4.27. The van der Waals surface area contributed by atoms with E-state index in [0.29, 0.717) is 5.69 Å². The average Bonchev–Trinajstić information content (AvgIpc) is 2.76. The number of nitrogens with zero attached hydrogens (tertiary/aromatic N) is 2. The summed E-state index contributed by atoms with van der Waals surface area (Å²) in [6.45, 7) is 9.00. The SMILES string of the molecule is CCCNC(C)c1cccc(F)c1-n1cnc(C)c1C. The topological polar surface area (TPSA) is 29.9 Å². The maximum atomic E-state index is 14.3.